The summed E-state index contributed by atoms with van der Waals surface area (Å²) in [6.45, 7) is 0.889. The summed E-state index contributed by atoms with van der Waals surface area (Å²) >= 11 is 0. The van der Waals surface area contributed by atoms with Crippen LogP contribution in [0.4, 0.5) is 0 Å². The van der Waals surface area contributed by atoms with Crippen LogP contribution in [0.1, 0.15) is 11.1 Å². The van der Waals surface area contributed by atoms with Crippen LogP contribution in [0.3, 0.4) is 0 Å². The highest BCUT2D eigenvalue weighted by Gasteiger charge is 2.07. The summed E-state index contributed by atoms with van der Waals surface area (Å²) in [5.74, 6) is 0. The van der Waals surface area contributed by atoms with E-state index in [4.69, 9.17) is 0 Å². The molecule has 2 rings (SSSR count). The van der Waals surface area contributed by atoms with Crippen LogP contribution in [0.2, 0.25) is 0 Å². The van der Waals surface area contributed by atoms with Crippen molar-refractivity contribution in [3.8, 4) is 0 Å². The Balaban J connectivity index is 1.86. The second-order valence-corrected chi connectivity index (χ2v) is 4.31. The lowest BCUT2D eigenvalue weighted by molar-refractivity contribution is 0.241. The second kappa shape index (κ2) is 6.89. The van der Waals surface area contributed by atoms with Gasteiger partial charge in [0.05, 0.1) is 6.61 Å². The number of nitrogens with one attached hydrogen (secondary N) is 1. The summed E-state index contributed by atoms with van der Waals surface area (Å²) < 4.78 is 0. The summed E-state index contributed by atoms with van der Waals surface area (Å²) in [4.78, 5) is 3.98. The average Bonchev–Trinajstić information content (AvgIpc) is 2.45. The molecule has 2 N–H and O–H groups in total. The standard InChI is InChI=1S/C15H18N2O/c18-12-15(10-13-4-2-1-3-5-13)17-11-14-6-8-16-9-7-14/h1-9,15,17-18H,10-12H2/t15-/m0/s1. The monoisotopic (exact) mass is 242 g/mol. The molecule has 3 nitrogen and oxygen atoms in total. The van der Waals surface area contributed by atoms with Gasteiger partial charge in [0.25, 0.3) is 0 Å². The predicted octanol–water partition coefficient (Wildman–Crippen LogP) is 1.77. The van der Waals surface area contributed by atoms with Crippen LogP contribution in [-0.2, 0) is 13.0 Å². The molecule has 1 aromatic carbocycles. The van der Waals surface area contributed by atoms with Gasteiger partial charge >= 0.3 is 0 Å². The normalized spacial score (nSPS) is 12.3. The van der Waals surface area contributed by atoms with Gasteiger partial charge in [0.2, 0.25) is 0 Å². The molecule has 0 aliphatic rings. The van der Waals surface area contributed by atoms with Crippen LogP contribution in [0.25, 0.3) is 0 Å². The van der Waals surface area contributed by atoms with E-state index in [-0.39, 0.29) is 12.6 Å². The zero-order chi connectivity index (χ0) is 12.6. The van der Waals surface area contributed by atoms with Crippen molar-refractivity contribution in [2.24, 2.45) is 0 Å². The van der Waals surface area contributed by atoms with Gasteiger partial charge in [-0.25, -0.2) is 0 Å². The Kier molecular flexibility index (Phi) is 4.88. The third-order valence-electron chi connectivity index (χ3n) is 2.89. The Morgan fingerprint density at radius 2 is 1.72 bits per heavy atom. The van der Waals surface area contributed by atoms with Crippen LogP contribution in [0, 0.1) is 0 Å². The molecule has 3 heteroatoms. The quantitative estimate of drug-likeness (QED) is 0.811. The van der Waals surface area contributed by atoms with Crippen molar-refractivity contribution in [3.05, 3.63) is 66.0 Å². The van der Waals surface area contributed by atoms with Crippen molar-refractivity contribution in [3.63, 3.8) is 0 Å². The first-order valence-electron chi connectivity index (χ1n) is 6.15. The maximum atomic E-state index is 9.39. The predicted molar refractivity (Wildman–Crippen MR) is 72.1 cm³/mol. The smallest absolute Gasteiger partial charge is 0.0587 e. The SMILES string of the molecule is OC[C@H](Cc1ccccc1)NCc1ccncc1. The topological polar surface area (TPSA) is 45.1 Å². The van der Waals surface area contributed by atoms with Gasteiger partial charge in [0, 0.05) is 25.0 Å². The lowest BCUT2D eigenvalue weighted by Crippen LogP contribution is -2.34. The van der Waals surface area contributed by atoms with Crippen LogP contribution in [-0.4, -0.2) is 22.7 Å². The van der Waals surface area contributed by atoms with E-state index in [0.717, 1.165) is 13.0 Å². The Bertz CT molecular complexity index is 445. The van der Waals surface area contributed by atoms with Crippen molar-refractivity contribution in [2.75, 3.05) is 6.61 Å². The Hall–Kier alpha value is -1.71. The van der Waals surface area contributed by atoms with Crippen molar-refractivity contribution >= 4 is 0 Å². The minimum atomic E-state index is 0.0839. The number of pyridine rings is 1. The molecular formula is C15H18N2O. The van der Waals surface area contributed by atoms with E-state index >= 15 is 0 Å². The summed E-state index contributed by atoms with van der Waals surface area (Å²) in [7, 11) is 0. The molecule has 1 aromatic heterocycles. The van der Waals surface area contributed by atoms with Gasteiger partial charge in [0.15, 0.2) is 0 Å². The first kappa shape index (κ1) is 12.7. The molecule has 1 atom stereocenters. The van der Waals surface area contributed by atoms with Crippen LogP contribution < -0.4 is 5.32 Å². The molecule has 0 spiro atoms. The summed E-state index contributed by atoms with van der Waals surface area (Å²) in [5, 5.41) is 12.7. The number of hydrogen-bond donors (Lipinski definition) is 2. The number of aromatic nitrogens is 1. The molecule has 94 valence electrons. The Morgan fingerprint density at radius 3 is 2.39 bits per heavy atom. The van der Waals surface area contributed by atoms with Gasteiger partial charge in [0.1, 0.15) is 0 Å². The molecule has 0 aliphatic carbocycles. The van der Waals surface area contributed by atoms with Crippen molar-refractivity contribution in [2.45, 2.75) is 19.0 Å². The number of nitrogens with zero attached hydrogens (tertiary/aromatic N) is 1. The van der Waals surface area contributed by atoms with Gasteiger partial charge in [-0.1, -0.05) is 30.3 Å². The fourth-order valence-corrected chi connectivity index (χ4v) is 1.86. The van der Waals surface area contributed by atoms with E-state index in [1.54, 1.807) is 12.4 Å². The number of rotatable bonds is 6. The molecule has 0 fully saturated rings. The van der Waals surface area contributed by atoms with Gasteiger partial charge in [-0.3, -0.25) is 4.98 Å². The van der Waals surface area contributed by atoms with Gasteiger partial charge < -0.3 is 10.4 Å². The number of aliphatic hydroxyl groups is 1. The van der Waals surface area contributed by atoms with E-state index in [9.17, 15) is 5.11 Å². The van der Waals surface area contributed by atoms with Gasteiger partial charge in [-0.2, -0.15) is 0 Å². The molecule has 0 bridgehead atoms. The first-order chi connectivity index (χ1) is 8.88. The molecule has 0 radical (unpaired) electrons. The average molecular weight is 242 g/mol. The first-order valence-corrected chi connectivity index (χ1v) is 6.15. The lowest BCUT2D eigenvalue weighted by atomic mass is 10.1. The molecule has 1 heterocycles. The summed E-state index contributed by atoms with van der Waals surface area (Å²) in [5.41, 5.74) is 2.41. The van der Waals surface area contributed by atoms with Crippen molar-refractivity contribution < 1.29 is 5.11 Å². The zero-order valence-electron chi connectivity index (χ0n) is 10.3. The second-order valence-electron chi connectivity index (χ2n) is 4.31. The van der Waals surface area contributed by atoms with Gasteiger partial charge in [-0.05, 0) is 29.7 Å². The molecule has 0 saturated heterocycles. The van der Waals surface area contributed by atoms with E-state index in [0.29, 0.717) is 0 Å². The molecular weight excluding hydrogens is 224 g/mol. The molecule has 0 amide bonds. The van der Waals surface area contributed by atoms with Crippen molar-refractivity contribution in [1.82, 2.24) is 10.3 Å². The third kappa shape index (κ3) is 3.95. The maximum Gasteiger partial charge on any atom is 0.0587 e. The highest BCUT2D eigenvalue weighted by atomic mass is 16.3. The fraction of sp³-hybridized carbons (Fsp3) is 0.267. The molecule has 0 aliphatic heterocycles. The zero-order valence-corrected chi connectivity index (χ0v) is 10.3. The highest BCUT2D eigenvalue weighted by Crippen LogP contribution is 2.04. The maximum absolute atomic E-state index is 9.39. The number of aliphatic hydroxyl groups excluding tert-OH is 1. The minimum Gasteiger partial charge on any atom is -0.395 e. The Labute approximate surface area is 108 Å². The van der Waals surface area contributed by atoms with Crippen LogP contribution in [0.5, 0.6) is 0 Å². The summed E-state index contributed by atoms with van der Waals surface area (Å²) in [6.07, 6.45) is 4.40. The molecule has 2 aromatic rings. The molecule has 18 heavy (non-hydrogen) atoms. The number of hydrogen-bond acceptors (Lipinski definition) is 3. The van der Waals surface area contributed by atoms with E-state index in [1.165, 1.54) is 11.1 Å². The lowest BCUT2D eigenvalue weighted by Gasteiger charge is -2.16. The van der Waals surface area contributed by atoms with E-state index < -0.39 is 0 Å². The van der Waals surface area contributed by atoms with Crippen LogP contribution >= 0.6 is 0 Å². The van der Waals surface area contributed by atoms with Crippen molar-refractivity contribution in [1.29, 1.82) is 0 Å². The number of benzene rings is 1. The molecule has 0 unspecified atom stereocenters. The Morgan fingerprint density at radius 1 is 1.00 bits per heavy atom. The fourth-order valence-electron chi connectivity index (χ4n) is 1.86. The van der Waals surface area contributed by atoms with Gasteiger partial charge in [-0.15, -0.1) is 0 Å². The van der Waals surface area contributed by atoms with Crippen LogP contribution in [0.15, 0.2) is 54.9 Å². The summed E-state index contributed by atoms with van der Waals surface area (Å²) in [6, 6.07) is 14.2. The highest BCUT2D eigenvalue weighted by molar-refractivity contribution is 5.16. The molecule has 0 saturated carbocycles. The third-order valence-corrected chi connectivity index (χ3v) is 2.89. The largest absolute Gasteiger partial charge is 0.395 e. The van der Waals surface area contributed by atoms with E-state index in [1.807, 2.05) is 30.3 Å². The van der Waals surface area contributed by atoms with E-state index in [2.05, 4.69) is 22.4 Å². The minimum absolute atomic E-state index is 0.0839.